The van der Waals surface area contributed by atoms with Crippen molar-refractivity contribution < 1.29 is 9.53 Å². The maximum absolute atomic E-state index is 11.2. The molecule has 72 valence electrons. The van der Waals surface area contributed by atoms with Gasteiger partial charge < -0.3 is 15.0 Å². The summed E-state index contributed by atoms with van der Waals surface area (Å²) in [5, 5.41) is 0. The van der Waals surface area contributed by atoms with Crippen LogP contribution in [0.1, 0.15) is 16.1 Å². The van der Waals surface area contributed by atoms with E-state index in [1.54, 1.807) is 10.6 Å². The van der Waals surface area contributed by atoms with Crippen LogP contribution in [-0.4, -0.2) is 24.2 Å². The molecule has 1 aromatic rings. The number of aromatic nitrogens is 1. The molecule has 0 aliphatic carbocycles. The first-order chi connectivity index (χ1) is 6.19. The Bertz CT molecular complexity index is 305. The van der Waals surface area contributed by atoms with Gasteiger partial charge in [-0.3, -0.25) is 0 Å². The SMILES string of the molecule is COC(=O)c1cc(CCN)cn1C. The van der Waals surface area contributed by atoms with E-state index in [2.05, 4.69) is 4.74 Å². The number of rotatable bonds is 3. The van der Waals surface area contributed by atoms with E-state index in [4.69, 9.17) is 5.73 Å². The zero-order valence-electron chi connectivity index (χ0n) is 7.91. The number of ether oxygens (including phenoxy) is 1. The molecule has 1 rings (SSSR count). The molecule has 1 aromatic heterocycles. The normalized spacial score (nSPS) is 10.1. The van der Waals surface area contributed by atoms with Crippen LogP contribution < -0.4 is 5.73 Å². The van der Waals surface area contributed by atoms with Gasteiger partial charge in [0.05, 0.1) is 7.11 Å². The van der Waals surface area contributed by atoms with Crippen LogP contribution in [0.3, 0.4) is 0 Å². The Labute approximate surface area is 77.3 Å². The number of methoxy groups -OCH3 is 1. The zero-order valence-corrected chi connectivity index (χ0v) is 7.91. The van der Waals surface area contributed by atoms with Gasteiger partial charge >= 0.3 is 5.97 Å². The van der Waals surface area contributed by atoms with Crippen molar-refractivity contribution in [3.63, 3.8) is 0 Å². The molecule has 0 spiro atoms. The zero-order chi connectivity index (χ0) is 9.84. The summed E-state index contributed by atoms with van der Waals surface area (Å²) < 4.78 is 6.36. The molecule has 0 aliphatic rings. The molecular formula is C9H14N2O2. The van der Waals surface area contributed by atoms with E-state index < -0.39 is 0 Å². The molecule has 0 unspecified atom stereocenters. The Kier molecular flexibility index (Phi) is 3.08. The van der Waals surface area contributed by atoms with Crippen molar-refractivity contribution >= 4 is 5.97 Å². The number of esters is 1. The topological polar surface area (TPSA) is 57.2 Å². The van der Waals surface area contributed by atoms with Crippen molar-refractivity contribution in [2.24, 2.45) is 12.8 Å². The quantitative estimate of drug-likeness (QED) is 0.684. The van der Waals surface area contributed by atoms with Gasteiger partial charge in [-0.25, -0.2) is 4.79 Å². The van der Waals surface area contributed by atoms with E-state index in [1.165, 1.54) is 7.11 Å². The van der Waals surface area contributed by atoms with Crippen molar-refractivity contribution in [3.8, 4) is 0 Å². The lowest BCUT2D eigenvalue weighted by Crippen LogP contribution is -2.06. The van der Waals surface area contributed by atoms with Crippen LogP contribution in [0.15, 0.2) is 12.3 Å². The highest BCUT2D eigenvalue weighted by Crippen LogP contribution is 2.08. The van der Waals surface area contributed by atoms with Gasteiger partial charge in [0.15, 0.2) is 0 Å². The van der Waals surface area contributed by atoms with Crippen molar-refractivity contribution in [1.29, 1.82) is 0 Å². The average Bonchev–Trinajstić information content (AvgIpc) is 2.46. The fraction of sp³-hybridized carbons (Fsp3) is 0.444. The second-order valence-electron chi connectivity index (χ2n) is 2.87. The molecule has 0 fully saturated rings. The van der Waals surface area contributed by atoms with Gasteiger partial charge in [0.25, 0.3) is 0 Å². The van der Waals surface area contributed by atoms with E-state index >= 15 is 0 Å². The second-order valence-corrected chi connectivity index (χ2v) is 2.87. The van der Waals surface area contributed by atoms with Crippen LogP contribution in [0, 0.1) is 0 Å². The number of nitrogens with zero attached hydrogens (tertiary/aromatic N) is 1. The minimum absolute atomic E-state index is 0.314. The van der Waals surface area contributed by atoms with E-state index in [0.717, 1.165) is 12.0 Å². The first-order valence-electron chi connectivity index (χ1n) is 4.12. The molecule has 13 heavy (non-hydrogen) atoms. The average molecular weight is 182 g/mol. The number of nitrogens with two attached hydrogens (primary N) is 1. The summed E-state index contributed by atoms with van der Waals surface area (Å²) in [7, 11) is 3.18. The molecule has 0 saturated heterocycles. The molecule has 0 radical (unpaired) electrons. The van der Waals surface area contributed by atoms with Crippen molar-refractivity contribution in [2.75, 3.05) is 13.7 Å². The Balaban J connectivity index is 2.89. The molecule has 0 saturated carbocycles. The summed E-state index contributed by atoms with van der Waals surface area (Å²) in [5.74, 6) is -0.314. The summed E-state index contributed by atoms with van der Waals surface area (Å²) in [4.78, 5) is 11.2. The van der Waals surface area contributed by atoms with Gasteiger partial charge in [0, 0.05) is 13.2 Å². The highest BCUT2D eigenvalue weighted by molar-refractivity contribution is 5.87. The van der Waals surface area contributed by atoms with Crippen molar-refractivity contribution in [2.45, 2.75) is 6.42 Å². The van der Waals surface area contributed by atoms with E-state index in [-0.39, 0.29) is 5.97 Å². The molecule has 0 aromatic carbocycles. The lowest BCUT2D eigenvalue weighted by atomic mass is 10.2. The largest absolute Gasteiger partial charge is 0.464 e. The lowest BCUT2D eigenvalue weighted by molar-refractivity contribution is 0.0590. The van der Waals surface area contributed by atoms with Crippen molar-refractivity contribution in [3.05, 3.63) is 23.5 Å². The smallest absolute Gasteiger partial charge is 0.354 e. The van der Waals surface area contributed by atoms with E-state index in [9.17, 15) is 4.79 Å². The number of hydrogen-bond acceptors (Lipinski definition) is 3. The van der Waals surface area contributed by atoms with Crippen LogP contribution in [0.4, 0.5) is 0 Å². The van der Waals surface area contributed by atoms with Crippen LogP contribution in [0.5, 0.6) is 0 Å². The summed E-state index contributed by atoms with van der Waals surface area (Å²) in [6, 6.07) is 1.80. The van der Waals surface area contributed by atoms with Gasteiger partial charge in [0.2, 0.25) is 0 Å². The third-order valence-electron chi connectivity index (χ3n) is 1.89. The standard InChI is InChI=1S/C9H14N2O2/c1-11-6-7(3-4-10)5-8(11)9(12)13-2/h5-6H,3-4,10H2,1-2H3. The van der Waals surface area contributed by atoms with Crippen LogP contribution in [-0.2, 0) is 18.2 Å². The van der Waals surface area contributed by atoms with Crippen LogP contribution in [0.25, 0.3) is 0 Å². The monoisotopic (exact) mass is 182 g/mol. The number of aryl methyl sites for hydroxylation is 1. The number of hydrogen-bond donors (Lipinski definition) is 1. The molecule has 0 atom stereocenters. The van der Waals surface area contributed by atoms with Gasteiger partial charge in [0.1, 0.15) is 5.69 Å². The highest BCUT2D eigenvalue weighted by atomic mass is 16.5. The van der Waals surface area contributed by atoms with Gasteiger partial charge in [-0.2, -0.15) is 0 Å². The third-order valence-corrected chi connectivity index (χ3v) is 1.89. The maximum Gasteiger partial charge on any atom is 0.354 e. The predicted octanol–water partition coefficient (Wildman–Crippen LogP) is 0.313. The summed E-state index contributed by atoms with van der Waals surface area (Å²) in [6.07, 6.45) is 2.67. The van der Waals surface area contributed by atoms with Gasteiger partial charge in [-0.15, -0.1) is 0 Å². The molecule has 4 heteroatoms. The minimum Gasteiger partial charge on any atom is -0.464 e. The van der Waals surface area contributed by atoms with E-state index in [0.29, 0.717) is 12.2 Å². The van der Waals surface area contributed by atoms with Gasteiger partial charge in [-0.1, -0.05) is 0 Å². The maximum atomic E-state index is 11.2. The number of carbonyl (C=O) groups excluding carboxylic acids is 1. The molecular weight excluding hydrogens is 168 g/mol. The second kappa shape index (κ2) is 4.09. The molecule has 1 heterocycles. The molecule has 0 amide bonds. The molecule has 0 aliphatic heterocycles. The fourth-order valence-corrected chi connectivity index (χ4v) is 1.24. The van der Waals surface area contributed by atoms with Crippen LogP contribution in [0.2, 0.25) is 0 Å². The summed E-state index contributed by atoms with van der Waals surface area (Å²) >= 11 is 0. The summed E-state index contributed by atoms with van der Waals surface area (Å²) in [5.41, 5.74) is 7.02. The van der Waals surface area contributed by atoms with E-state index in [1.807, 2.05) is 13.2 Å². The summed E-state index contributed by atoms with van der Waals surface area (Å²) in [6.45, 7) is 0.588. The van der Waals surface area contributed by atoms with Gasteiger partial charge in [-0.05, 0) is 24.6 Å². The third kappa shape index (κ3) is 2.09. The Hall–Kier alpha value is -1.29. The molecule has 4 nitrogen and oxygen atoms in total. The Morgan fingerprint density at radius 1 is 1.69 bits per heavy atom. The number of carbonyl (C=O) groups is 1. The van der Waals surface area contributed by atoms with Crippen molar-refractivity contribution in [1.82, 2.24) is 4.57 Å². The first kappa shape index (κ1) is 9.80. The van der Waals surface area contributed by atoms with Crippen LogP contribution >= 0.6 is 0 Å². The Morgan fingerprint density at radius 2 is 2.38 bits per heavy atom. The highest BCUT2D eigenvalue weighted by Gasteiger charge is 2.10. The minimum atomic E-state index is -0.314. The molecule has 2 N–H and O–H groups in total. The lowest BCUT2D eigenvalue weighted by Gasteiger charge is -1.98. The fourth-order valence-electron chi connectivity index (χ4n) is 1.24. The first-order valence-corrected chi connectivity index (χ1v) is 4.12. The molecule has 0 bridgehead atoms. The predicted molar refractivity (Wildman–Crippen MR) is 49.5 cm³/mol. The Morgan fingerprint density at radius 3 is 2.92 bits per heavy atom.